The van der Waals surface area contributed by atoms with E-state index in [1.54, 1.807) is 18.3 Å². The first-order valence-electron chi connectivity index (χ1n) is 9.21. The highest BCUT2D eigenvalue weighted by atomic mass is 16.5. The Kier molecular flexibility index (Phi) is 4.84. The number of hydrogen-bond acceptors (Lipinski definition) is 6. The number of aromatic nitrogens is 3. The number of nitrogens with zero attached hydrogens (tertiary/aromatic N) is 5. The van der Waals surface area contributed by atoms with Crippen LogP contribution in [-0.2, 0) is 0 Å². The zero-order valence-electron chi connectivity index (χ0n) is 15.3. The first-order chi connectivity index (χ1) is 13.3. The van der Waals surface area contributed by atoms with Crippen molar-refractivity contribution in [2.45, 2.75) is 19.8 Å². The maximum Gasteiger partial charge on any atom is 0.231 e. The molecule has 0 N–H and O–H groups in total. The van der Waals surface area contributed by atoms with Gasteiger partial charge in [0.1, 0.15) is 11.6 Å². The second-order valence-electron chi connectivity index (χ2n) is 6.86. The van der Waals surface area contributed by atoms with E-state index >= 15 is 0 Å². The molecular weight excluding hydrogens is 338 g/mol. The van der Waals surface area contributed by atoms with Crippen molar-refractivity contribution in [2.75, 3.05) is 24.6 Å². The number of fused-ring (bicyclic) bond motifs is 1. The number of ether oxygens (including phenoxy) is 1. The average molecular weight is 359 g/mol. The topological polar surface area (TPSA) is 74.9 Å². The molecular formula is C21H21N5O. The molecule has 3 heterocycles. The van der Waals surface area contributed by atoms with Gasteiger partial charge < -0.3 is 9.64 Å². The first kappa shape index (κ1) is 17.2. The summed E-state index contributed by atoms with van der Waals surface area (Å²) in [6, 6.07) is 13.9. The van der Waals surface area contributed by atoms with Gasteiger partial charge >= 0.3 is 0 Å². The molecule has 1 aliphatic rings. The molecule has 0 amide bonds. The summed E-state index contributed by atoms with van der Waals surface area (Å²) in [5.74, 6) is 1.84. The largest absolute Gasteiger partial charge is 0.476 e. The van der Waals surface area contributed by atoms with Crippen molar-refractivity contribution in [1.29, 1.82) is 5.26 Å². The molecule has 1 aliphatic heterocycles. The van der Waals surface area contributed by atoms with Gasteiger partial charge in [0.2, 0.25) is 5.88 Å². The minimum absolute atomic E-state index is 0.429. The molecule has 1 aromatic carbocycles. The predicted octanol–water partition coefficient (Wildman–Crippen LogP) is 3.50. The number of anilines is 1. The standard InChI is InChI=1S/C21H21N5O/c1-15-18-6-2-3-7-19(18)20(25-24-15)26-11-8-16(9-12-26)14-27-21-17(13-22)5-4-10-23-21/h2-7,10,16H,8-9,11-12,14H2,1H3. The van der Waals surface area contributed by atoms with Crippen LogP contribution in [0.25, 0.3) is 10.8 Å². The minimum atomic E-state index is 0.429. The molecule has 136 valence electrons. The second-order valence-corrected chi connectivity index (χ2v) is 6.86. The molecule has 0 aliphatic carbocycles. The zero-order chi connectivity index (χ0) is 18.6. The molecule has 6 nitrogen and oxygen atoms in total. The summed E-state index contributed by atoms with van der Waals surface area (Å²) in [5.41, 5.74) is 1.44. The highest BCUT2D eigenvalue weighted by Gasteiger charge is 2.23. The highest BCUT2D eigenvalue weighted by Crippen LogP contribution is 2.29. The Morgan fingerprint density at radius 3 is 2.67 bits per heavy atom. The third-order valence-electron chi connectivity index (χ3n) is 5.11. The number of pyridine rings is 1. The summed E-state index contributed by atoms with van der Waals surface area (Å²) in [7, 11) is 0. The van der Waals surface area contributed by atoms with Gasteiger partial charge in [0.15, 0.2) is 5.82 Å². The van der Waals surface area contributed by atoms with E-state index in [1.165, 1.54) is 0 Å². The van der Waals surface area contributed by atoms with Crippen LogP contribution in [0.15, 0.2) is 42.6 Å². The van der Waals surface area contributed by atoms with Crippen molar-refractivity contribution in [3.05, 3.63) is 53.9 Å². The molecule has 6 heteroatoms. The zero-order valence-corrected chi connectivity index (χ0v) is 15.3. The van der Waals surface area contributed by atoms with E-state index in [2.05, 4.69) is 38.3 Å². The van der Waals surface area contributed by atoms with Crippen molar-refractivity contribution in [1.82, 2.24) is 15.2 Å². The molecule has 4 rings (SSSR count). The number of aryl methyl sites for hydroxylation is 1. The van der Waals surface area contributed by atoms with Gasteiger partial charge in [-0.15, -0.1) is 5.10 Å². The van der Waals surface area contributed by atoms with Crippen LogP contribution in [0.5, 0.6) is 5.88 Å². The Bertz CT molecular complexity index is 989. The van der Waals surface area contributed by atoms with E-state index in [1.807, 2.05) is 19.1 Å². The summed E-state index contributed by atoms with van der Waals surface area (Å²) < 4.78 is 5.81. The van der Waals surface area contributed by atoms with E-state index in [-0.39, 0.29) is 0 Å². The number of piperidine rings is 1. The van der Waals surface area contributed by atoms with Crippen LogP contribution in [0.3, 0.4) is 0 Å². The van der Waals surface area contributed by atoms with Crippen LogP contribution >= 0.6 is 0 Å². The van der Waals surface area contributed by atoms with E-state index < -0.39 is 0 Å². The van der Waals surface area contributed by atoms with Crippen LogP contribution < -0.4 is 9.64 Å². The Hall–Kier alpha value is -3.20. The molecule has 0 radical (unpaired) electrons. The van der Waals surface area contributed by atoms with E-state index in [0.717, 1.165) is 48.2 Å². The summed E-state index contributed by atoms with van der Waals surface area (Å²) >= 11 is 0. The van der Waals surface area contributed by atoms with Crippen molar-refractivity contribution >= 4 is 16.6 Å². The number of rotatable bonds is 4. The van der Waals surface area contributed by atoms with Crippen molar-refractivity contribution in [3.8, 4) is 11.9 Å². The lowest BCUT2D eigenvalue weighted by Gasteiger charge is -2.33. The van der Waals surface area contributed by atoms with Crippen molar-refractivity contribution in [2.24, 2.45) is 5.92 Å². The lowest BCUT2D eigenvalue weighted by atomic mass is 9.97. The minimum Gasteiger partial charge on any atom is -0.476 e. The molecule has 0 atom stereocenters. The van der Waals surface area contributed by atoms with Crippen LogP contribution in [0, 0.1) is 24.2 Å². The summed E-state index contributed by atoms with van der Waals surface area (Å²) in [6.45, 7) is 4.42. The number of hydrogen-bond donors (Lipinski definition) is 0. The molecule has 27 heavy (non-hydrogen) atoms. The Morgan fingerprint density at radius 2 is 1.89 bits per heavy atom. The van der Waals surface area contributed by atoms with Crippen LogP contribution in [-0.4, -0.2) is 34.9 Å². The SMILES string of the molecule is Cc1nnc(N2CCC(COc3ncccc3C#N)CC2)c2ccccc12. The fourth-order valence-electron chi connectivity index (χ4n) is 3.56. The molecule has 1 fully saturated rings. The lowest BCUT2D eigenvalue weighted by molar-refractivity contribution is 0.215. The molecule has 0 saturated carbocycles. The first-order valence-corrected chi connectivity index (χ1v) is 9.21. The molecule has 2 aromatic heterocycles. The summed E-state index contributed by atoms with van der Waals surface area (Å²) in [4.78, 5) is 6.48. The van der Waals surface area contributed by atoms with E-state index in [9.17, 15) is 0 Å². The lowest BCUT2D eigenvalue weighted by Crippen LogP contribution is -2.36. The Balaban J connectivity index is 1.41. The summed E-state index contributed by atoms with van der Waals surface area (Å²) in [6.07, 6.45) is 3.68. The monoisotopic (exact) mass is 359 g/mol. The molecule has 0 bridgehead atoms. The Morgan fingerprint density at radius 1 is 1.11 bits per heavy atom. The summed E-state index contributed by atoms with van der Waals surface area (Å²) in [5, 5.41) is 20.3. The number of benzene rings is 1. The maximum absolute atomic E-state index is 9.13. The quantitative estimate of drug-likeness (QED) is 0.710. The van der Waals surface area contributed by atoms with Gasteiger partial charge in [0.25, 0.3) is 0 Å². The normalized spacial score (nSPS) is 14.9. The van der Waals surface area contributed by atoms with Crippen molar-refractivity contribution < 1.29 is 4.74 Å². The van der Waals surface area contributed by atoms with Crippen LogP contribution in [0.2, 0.25) is 0 Å². The fourth-order valence-corrected chi connectivity index (χ4v) is 3.56. The van der Waals surface area contributed by atoms with Crippen LogP contribution in [0.1, 0.15) is 24.1 Å². The van der Waals surface area contributed by atoms with Crippen LogP contribution in [0.4, 0.5) is 5.82 Å². The highest BCUT2D eigenvalue weighted by molar-refractivity contribution is 5.93. The number of nitriles is 1. The van der Waals surface area contributed by atoms with Gasteiger partial charge in [0, 0.05) is 30.1 Å². The molecule has 0 spiro atoms. The van der Waals surface area contributed by atoms with E-state index in [4.69, 9.17) is 10.00 Å². The smallest absolute Gasteiger partial charge is 0.231 e. The molecule has 0 unspecified atom stereocenters. The van der Waals surface area contributed by atoms with Gasteiger partial charge in [-0.05, 0) is 37.8 Å². The Labute approximate surface area is 158 Å². The molecule has 1 saturated heterocycles. The molecule has 3 aromatic rings. The average Bonchev–Trinajstić information content (AvgIpc) is 2.73. The van der Waals surface area contributed by atoms with Gasteiger partial charge in [-0.2, -0.15) is 10.4 Å². The third-order valence-corrected chi connectivity index (χ3v) is 5.11. The van der Waals surface area contributed by atoms with E-state index in [0.29, 0.717) is 24.0 Å². The van der Waals surface area contributed by atoms with Gasteiger partial charge in [0.05, 0.1) is 12.3 Å². The van der Waals surface area contributed by atoms with Gasteiger partial charge in [-0.1, -0.05) is 24.3 Å². The third kappa shape index (κ3) is 3.54. The fraction of sp³-hybridized carbons (Fsp3) is 0.333. The second kappa shape index (κ2) is 7.58. The predicted molar refractivity (Wildman–Crippen MR) is 104 cm³/mol. The maximum atomic E-state index is 9.13. The van der Waals surface area contributed by atoms with Gasteiger partial charge in [-0.25, -0.2) is 4.98 Å². The van der Waals surface area contributed by atoms with Crippen molar-refractivity contribution in [3.63, 3.8) is 0 Å². The van der Waals surface area contributed by atoms with Gasteiger partial charge in [-0.3, -0.25) is 0 Å².